The van der Waals surface area contributed by atoms with Crippen LogP contribution in [0.2, 0.25) is 0 Å². The quantitative estimate of drug-likeness (QED) is 0.591. The van der Waals surface area contributed by atoms with Crippen molar-refractivity contribution in [2.24, 2.45) is 0 Å². The Morgan fingerprint density at radius 1 is 1.11 bits per heavy atom. The normalized spacial score (nSPS) is 12.6. The second kappa shape index (κ2) is 6.27. The average molecular weight is 329 g/mol. The van der Waals surface area contributed by atoms with Gasteiger partial charge in [-0.2, -0.15) is 0 Å². The van der Waals surface area contributed by atoms with E-state index in [2.05, 4.69) is 0 Å². The zero-order chi connectivity index (χ0) is 13.8. The third kappa shape index (κ3) is 5.17. The molecule has 0 saturated heterocycles. The molecule has 18 heavy (non-hydrogen) atoms. The third-order valence-corrected chi connectivity index (χ3v) is 6.34. The lowest BCUT2D eigenvalue weighted by Crippen LogP contribution is -2.03. The minimum absolute atomic E-state index is 0.0595. The van der Waals surface area contributed by atoms with Crippen molar-refractivity contribution in [3.63, 3.8) is 0 Å². The average Bonchev–Trinajstić information content (AvgIpc) is 2.28. The van der Waals surface area contributed by atoms with Crippen LogP contribution in [0.1, 0.15) is 6.92 Å². The summed E-state index contributed by atoms with van der Waals surface area (Å²) in [5.74, 6) is 0.282. The molecule has 0 N–H and O–H groups in total. The Labute approximate surface area is 116 Å². The number of hydrogen-bond acceptors (Lipinski definition) is 5. The van der Waals surface area contributed by atoms with Crippen LogP contribution in [0, 0.1) is 0 Å². The van der Waals surface area contributed by atoms with Gasteiger partial charge in [0.05, 0.1) is 16.4 Å². The summed E-state index contributed by atoms with van der Waals surface area (Å²) >= 11 is 1.32. The first-order valence-corrected chi connectivity index (χ1v) is 10.2. The van der Waals surface area contributed by atoms with E-state index in [4.69, 9.17) is 10.7 Å². The maximum atomic E-state index is 11.6. The number of halogens is 1. The predicted octanol–water partition coefficient (Wildman–Crippen LogP) is 2.14. The number of hydrogen-bond donors (Lipinski definition) is 0. The second-order valence-corrected chi connectivity index (χ2v) is 9.81. The summed E-state index contributed by atoms with van der Waals surface area (Å²) in [6, 6.07) is 6.37. The molecule has 0 spiro atoms. The SMILES string of the molecule is CCS(=O)(=O)c1ccc(SCCS(=O)(=O)Cl)cc1. The highest BCUT2D eigenvalue weighted by molar-refractivity contribution is 8.14. The molecule has 4 nitrogen and oxygen atoms in total. The lowest BCUT2D eigenvalue weighted by Gasteiger charge is -2.03. The fourth-order valence-corrected chi connectivity index (χ4v) is 4.31. The molecule has 1 aromatic carbocycles. The number of sulfone groups is 1. The summed E-state index contributed by atoms with van der Waals surface area (Å²) in [7, 11) is -1.58. The lowest BCUT2D eigenvalue weighted by molar-refractivity contribution is 0.597. The Hall–Kier alpha value is -0.240. The minimum atomic E-state index is -3.47. The Bertz CT molecular complexity index is 591. The molecule has 0 aliphatic rings. The van der Waals surface area contributed by atoms with Gasteiger partial charge in [-0.3, -0.25) is 0 Å². The second-order valence-electron chi connectivity index (χ2n) is 3.47. The smallest absolute Gasteiger partial charge is 0.224 e. The first kappa shape index (κ1) is 15.8. The molecule has 0 heterocycles. The largest absolute Gasteiger partial charge is 0.233 e. The monoisotopic (exact) mass is 328 g/mol. The van der Waals surface area contributed by atoms with E-state index in [9.17, 15) is 16.8 Å². The van der Waals surface area contributed by atoms with E-state index in [0.29, 0.717) is 5.75 Å². The van der Waals surface area contributed by atoms with Crippen LogP contribution in [-0.4, -0.2) is 34.1 Å². The summed E-state index contributed by atoms with van der Waals surface area (Å²) in [5, 5.41) is 0. The van der Waals surface area contributed by atoms with E-state index in [-0.39, 0.29) is 16.4 Å². The first-order valence-electron chi connectivity index (χ1n) is 5.12. The van der Waals surface area contributed by atoms with E-state index < -0.39 is 18.9 Å². The van der Waals surface area contributed by atoms with Crippen LogP contribution in [0.3, 0.4) is 0 Å². The van der Waals surface area contributed by atoms with Gasteiger partial charge >= 0.3 is 0 Å². The molecule has 0 atom stereocenters. The van der Waals surface area contributed by atoms with Crippen molar-refractivity contribution < 1.29 is 16.8 Å². The zero-order valence-corrected chi connectivity index (χ0v) is 12.9. The van der Waals surface area contributed by atoms with Crippen LogP contribution in [-0.2, 0) is 18.9 Å². The van der Waals surface area contributed by atoms with Crippen LogP contribution in [0.5, 0.6) is 0 Å². The van der Waals surface area contributed by atoms with Gasteiger partial charge in [-0.1, -0.05) is 6.92 Å². The van der Waals surface area contributed by atoms with E-state index in [1.54, 1.807) is 19.1 Å². The molecule has 8 heteroatoms. The van der Waals surface area contributed by atoms with Gasteiger partial charge in [0.1, 0.15) is 0 Å². The minimum Gasteiger partial charge on any atom is -0.224 e. The Morgan fingerprint density at radius 3 is 2.11 bits per heavy atom. The van der Waals surface area contributed by atoms with Gasteiger partial charge in [-0.25, -0.2) is 16.8 Å². The number of benzene rings is 1. The Balaban J connectivity index is 2.67. The molecule has 102 valence electrons. The molecular formula is C10H13ClO4S3. The van der Waals surface area contributed by atoms with Crippen molar-refractivity contribution in [3.05, 3.63) is 24.3 Å². The van der Waals surface area contributed by atoms with Crippen molar-refractivity contribution in [1.82, 2.24) is 0 Å². The number of thioether (sulfide) groups is 1. The standard InChI is InChI=1S/C10H13ClO4S3/c1-2-17(12,13)10-5-3-9(4-6-10)16-7-8-18(11,14)15/h3-6H,2,7-8H2,1H3. The molecule has 0 unspecified atom stereocenters. The van der Waals surface area contributed by atoms with Crippen molar-refractivity contribution >= 4 is 41.3 Å². The molecule has 1 aromatic rings. The summed E-state index contributed by atoms with van der Waals surface area (Å²) in [6.07, 6.45) is 0. The summed E-state index contributed by atoms with van der Waals surface area (Å²) in [4.78, 5) is 1.09. The number of rotatable bonds is 6. The molecule has 0 fully saturated rings. The van der Waals surface area contributed by atoms with Gasteiger partial charge in [0, 0.05) is 21.3 Å². The van der Waals surface area contributed by atoms with Crippen LogP contribution < -0.4 is 0 Å². The maximum Gasteiger partial charge on any atom is 0.233 e. The third-order valence-electron chi connectivity index (χ3n) is 2.16. The molecule has 0 aliphatic heterocycles. The van der Waals surface area contributed by atoms with E-state index in [1.165, 1.54) is 23.9 Å². The van der Waals surface area contributed by atoms with Crippen LogP contribution in [0.25, 0.3) is 0 Å². The molecule has 0 aromatic heterocycles. The summed E-state index contributed by atoms with van der Waals surface area (Å²) in [5.41, 5.74) is 0. The molecule has 1 rings (SSSR count). The van der Waals surface area contributed by atoms with Gasteiger partial charge in [0.25, 0.3) is 0 Å². The molecule has 0 radical (unpaired) electrons. The Kier molecular flexibility index (Phi) is 5.51. The van der Waals surface area contributed by atoms with Gasteiger partial charge in [-0.15, -0.1) is 11.8 Å². The highest BCUT2D eigenvalue weighted by atomic mass is 35.7. The molecule has 0 amide bonds. The maximum absolute atomic E-state index is 11.6. The van der Waals surface area contributed by atoms with Crippen LogP contribution >= 0.6 is 22.4 Å². The lowest BCUT2D eigenvalue weighted by atomic mass is 10.4. The van der Waals surface area contributed by atoms with E-state index >= 15 is 0 Å². The molecule has 0 aliphatic carbocycles. The van der Waals surface area contributed by atoms with Crippen molar-refractivity contribution in [2.45, 2.75) is 16.7 Å². The van der Waals surface area contributed by atoms with Gasteiger partial charge in [0.15, 0.2) is 9.84 Å². The fraction of sp³-hybridized carbons (Fsp3) is 0.400. The highest BCUT2D eigenvalue weighted by Gasteiger charge is 2.11. The molecule has 0 saturated carbocycles. The zero-order valence-electron chi connectivity index (χ0n) is 9.67. The molecule has 0 bridgehead atoms. The van der Waals surface area contributed by atoms with E-state index in [0.717, 1.165) is 4.90 Å². The Morgan fingerprint density at radius 2 is 1.67 bits per heavy atom. The van der Waals surface area contributed by atoms with Crippen molar-refractivity contribution in [2.75, 3.05) is 17.3 Å². The first-order chi connectivity index (χ1) is 8.24. The highest BCUT2D eigenvalue weighted by Crippen LogP contribution is 2.21. The topological polar surface area (TPSA) is 68.3 Å². The predicted molar refractivity (Wildman–Crippen MR) is 74.5 cm³/mol. The van der Waals surface area contributed by atoms with Crippen LogP contribution in [0.15, 0.2) is 34.1 Å². The fourth-order valence-electron chi connectivity index (χ4n) is 1.17. The van der Waals surface area contributed by atoms with Crippen LogP contribution in [0.4, 0.5) is 0 Å². The summed E-state index contributed by atoms with van der Waals surface area (Å²) < 4.78 is 44.5. The van der Waals surface area contributed by atoms with Gasteiger partial charge < -0.3 is 0 Å². The van der Waals surface area contributed by atoms with Crippen molar-refractivity contribution in [3.8, 4) is 0 Å². The van der Waals surface area contributed by atoms with Gasteiger partial charge in [0.2, 0.25) is 9.05 Å². The van der Waals surface area contributed by atoms with Gasteiger partial charge in [-0.05, 0) is 24.3 Å². The van der Waals surface area contributed by atoms with Crippen molar-refractivity contribution in [1.29, 1.82) is 0 Å². The molecular weight excluding hydrogens is 316 g/mol. The summed E-state index contributed by atoms with van der Waals surface area (Å²) in [6.45, 7) is 1.59. The van der Waals surface area contributed by atoms with E-state index in [1.807, 2.05) is 0 Å².